The number of hydrogen-bond acceptors (Lipinski definition) is 4. The Labute approximate surface area is 202 Å². The fraction of sp³-hybridized carbons (Fsp3) is 0.522. The van der Waals surface area contributed by atoms with E-state index in [0.717, 1.165) is 54.3 Å². The molecule has 31 heavy (non-hydrogen) atoms. The van der Waals surface area contributed by atoms with Gasteiger partial charge in [-0.05, 0) is 31.0 Å². The number of para-hydroxylation sites is 1. The maximum absolute atomic E-state index is 12.3. The molecule has 0 saturated carbocycles. The second-order valence-corrected chi connectivity index (χ2v) is 8.32. The summed E-state index contributed by atoms with van der Waals surface area (Å²) in [5, 5.41) is 7.98. The van der Waals surface area contributed by atoms with Crippen molar-refractivity contribution in [2.24, 2.45) is 10.9 Å². The van der Waals surface area contributed by atoms with E-state index in [1.807, 2.05) is 55.9 Å². The lowest BCUT2D eigenvalue weighted by molar-refractivity contribution is -0.133. The van der Waals surface area contributed by atoms with Crippen LogP contribution < -0.4 is 15.5 Å². The van der Waals surface area contributed by atoms with Gasteiger partial charge in [-0.3, -0.25) is 4.79 Å². The zero-order valence-electron chi connectivity index (χ0n) is 19.2. The van der Waals surface area contributed by atoms with Crippen LogP contribution in [0.15, 0.2) is 35.3 Å². The Hall–Kier alpha value is -2.10. The number of amides is 1. The first-order valence-electron chi connectivity index (χ1n) is 10.8. The van der Waals surface area contributed by atoms with Crippen LogP contribution in [-0.2, 0) is 11.3 Å². The molecule has 1 aliphatic heterocycles. The normalized spacial score (nSPS) is 16.4. The molecule has 170 valence electrons. The van der Waals surface area contributed by atoms with Crippen molar-refractivity contribution in [2.45, 2.75) is 39.8 Å². The Balaban J connectivity index is 0.00000341. The predicted molar refractivity (Wildman–Crippen MR) is 139 cm³/mol. The fourth-order valence-corrected chi connectivity index (χ4v) is 3.71. The predicted octanol–water partition coefficient (Wildman–Crippen LogP) is 3.23. The third kappa shape index (κ3) is 6.44. The van der Waals surface area contributed by atoms with Gasteiger partial charge in [0.05, 0.1) is 12.1 Å². The lowest BCUT2D eigenvalue weighted by atomic mass is 10.1. The van der Waals surface area contributed by atoms with E-state index in [2.05, 4.69) is 29.7 Å². The quantitative estimate of drug-likeness (QED) is 0.336. The first-order chi connectivity index (χ1) is 14.4. The number of aromatic nitrogens is 1. The number of rotatable bonds is 6. The van der Waals surface area contributed by atoms with Crippen LogP contribution in [0.4, 0.5) is 5.82 Å². The van der Waals surface area contributed by atoms with E-state index in [1.54, 1.807) is 0 Å². The number of halogens is 1. The molecule has 2 heterocycles. The van der Waals surface area contributed by atoms with Crippen molar-refractivity contribution in [3.05, 3.63) is 35.9 Å². The second kappa shape index (κ2) is 11.5. The molecule has 1 unspecified atom stereocenters. The maximum Gasteiger partial charge on any atom is 0.225 e. The zero-order chi connectivity index (χ0) is 21.7. The Morgan fingerprint density at radius 2 is 2.06 bits per heavy atom. The molecule has 2 N–H and O–H groups in total. The molecule has 8 heteroatoms. The lowest BCUT2D eigenvalue weighted by Gasteiger charge is -2.20. The van der Waals surface area contributed by atoms with Gasteiger partial charge in [-0.15, -0.1) is 24.0 Å². The molecule has 0 spiro atoms. The number of carbonyl (C=O) groups is 1. The van der Waals surface area contributed by atoms with Crippen LogP contribution in [0, 0.1) is 5.92 Å². The van der Waals surface area contributed by atoms with Crippen molar-refractivity contribution < 1.29 is 4.79 Å². The van der Waals surface area contributed by atoms with Gasteiger partial charge in [0.2, 0.25) is 5.91 Å². The van der Waals surface area contributed by atoms with Gasteiger partial charge in [0.1, 0.15) is 5.82 Å². The summed E-state index contributed by atoms with van der Waals surface area (Å²) in [7, 11) is 4.00. The van der Waals surface area contributed by atoms with E-state index in [9.17, 15) is 4.79 Å². The Kier molecular flexibility index (Phi) is 9.33. The summed E-state index contributed by atoms with van der Waals surface area (Å²) < 4.78 is 0. The Morgan fingerprint density at radius 3 is 2.74 bits per heavy atom. The third-order valence-corrected chi connectivity index (χ3v) is 5.33. The molecule has 1 aromatic heterocycles. The largest absolute Gasteiger partial charge is 0.363 e. The van der Waals surface area contributed by atoms with Gasteiger partial charge in [-0.1, -0.05) is 32.0 Å². The van der Waals surface area contributed by atoms with Gasteiger partial charge in [0.15, 0.2) is 5.96 Å². The van der Waals surface area contributed by atoms with Gasteiger partial charge in [-0.25, -0.2) is 9.98 Å². The van der Waals surface area contributed by atoms with Gasteiger partial charge in [0, 0.05) is 51.1 Å². The molecule has 1 saturated heterocycles. The highest BCUT2D eigenvalue weighted by Crippen LogP contribution is 2.23. The van der Waals surface area contributed by atoms with E-state index in [1.165, 1.54) is 0 Å². The number of benzene rings is 1. The van der Waals surface area contributed by atoms with E-state index in [-0.39, 0.29) is 41.8 Å². The Morgan fingerprint density at radius 1 is 1.32 bits per heavy atom. The van der Waals surface area contributed by atoms with Gasteiger partial charge in [0.25, 0.3) is 0 Å². The monoisotopic (exact) mass is 538 g/mol. The molecule has 1 amide bonds. The summed E-state index contributed by atoms with van der Waals surface area (Å²) in [6.07, 6.45) is 0.936. The average Bonchev–Trinajstić information content (AvgIpc) is 3.19. The van der Waals surface area contributed by atoms with Crippen molar-refractivity contribution in [3.63, 3.8) is 0 Å². The number of fused-ring (bicyclic) bond motifs is 1. The minimum Gasteiger partial charge on any atom is -0.363 e. The highest BCUT2D eigenvalue weighted by atomic mass is 127. The van der Waals surface area contributed by atoms with Crippen molar-refractivity contribution >= 4 is 52.6 Å². The number of nitrogens with one attached hydrogen (secondary N) is 2. The van der Waals surface area contributed by atoms with Crippen LogP contribution in [0.25, 0.3) is 10.9 Å². The van der Waals surface area contributed by atoms with Crippen molar-refractivity contribution in [1.29, 1.82) is 0 Å². The van der Waals surface area contributed by atoms with Crippen molar-refractivity contribution in [1.82, 2.24) is 20.5 Å². The smallest absolute Gasteiger partial charge is 0.225 e. The van der Waals surface area contributed by atoms with E-state index < -0.39 is 0 Å². The summed E-state index contributed by atoms with van der Waals surface area (Å²) >= 11 is 0. The van der Waals surface area contributed by atoms with Crippen molar-refractivity contribution in [2.75, 3.05) is 38.6 Å². The van der Waals surface area contributed by atoms with Crippen LogP contribution in [-0.4, -0.2) is 61.5 Å². The summed E-state index contributed by atoms with van der Waals surface area (Å²) in [5.74, 6) is 1.97. The van der Waals surface area contributed by atoms with E-state index >= 15 is 0 Å². The van der Waals surface area contributed by atoms with Gasteiger partial charge >= 0.3 is 0 Å². The van der Waals surface area contributed by atoms with Crippen molar-refractivity contribution in [3.8, 4) is 0 Å². The topological polar surface area (TPSA) is 72.9 Å². The van der Waals surface area contributed by atoms with E-state index in [0.29, 0.717) is 6.54 Å². The number of likely N-dealkylation sites (tertiary alicyclic amines) is 1. The summed E-state index contributed by atoms with van der Waals surface area (Å²) in [5.41, 5.74) is 2.12. The molecule has 0 radical (unpaired) electrons. The number of nitrogens with zero attached hydrogens (tertiary/aromatic N) is 4. The molecule has 1 aromatic carbocycles. The van der Waals surface area contributed by atoms with Crippen LogP contribution in [0.5, 0.6) is 0 Å². The molecule has 7 nitrogen and oxygen atoms in total. The average molecular weight is 538 g/mol. The molecular weight excluding hydrogens is 503 g/mol. The minimum atomic E-state index is 0. The van der Waals surface area contributed by atoms with E-state index in [4.69, 9.17) is 9.98 Å². The highest BCUT2D eigenvalue weighted by molar-refractivity contribution is 14.0. The molecule has 2 aromatic rings. The van der Waals surface area contributed by atoms with Crippen LogP contribution in [0.3, 0.4) is 0 Å². The third-order valence-electron chi connectivity index (χ3n) is 5.33. The second-order valence-electron chi connectivity index (χ2n) is 8.32. The standard InChI is InChI=1S/C23H34N6O.HI/c1-6-24-23(26-18-11-12-29(15-18)22(30)16(2)3)25-14-17-13-21(28(4)5)27-20-10-8-7-9-19(17)20;/h7-10,13,16,18H,6,11-12,14-15H2,1-5H3,(H2,24,25,26);1H. The number of guanidine groups is 1. The summed E-state index contributed by atoms with van der Waals surface area (Å²) in [6, 6.07) is 10.5. The maximum atomic E-state index is 12.3. The molecule has 3 rings (SSSR count). The fourth-order valence-electron chi connectivity index (χ4n) is 3.71. The zero-order valence-corrected chi connectivity index (χ0v) is 21.5. The minimum absolute atomic E-state index is 0. The summed E-state index contributed by atoms with van der Waals surface area (Å²) in [6.45, 7) is 8.84. The van der Waals surface area contributed by atoms with Crippen LogP contribution in [0.2, 0.25) is 0 Å². The molecule has 0 bridgehead atoms. The number of pyridine rings is 1. The lowest BCUT2D eigenvalue weighted by Crippen LogP contribution is -2.45. The Bertz CT molecular complexity index is 914. The number of aliphatic imine (C=N–C) groups is 1. The number of hydrogen-bond donors (Lipinski definition) is 2. The molecule has 1 atom stereocenters. The molecule has 1 fully saturated rings. The first kappa shape index (κ1) is 25.2. The number of carbonyl (C=O) groups excluding carboxylic acids is 1. The van der Waals surface area contributed by atoms with Crippen LogP contribution in [0.1, 0.15) is 32.8 Å². The summed E-state index contributed by atoms with van der Waals surface area (Å²) in [4.78, 5) is 25.8. The SMILES string of the molecule is CCNC(=NCc1cc(N(C)C)nc2ccccc12)NC1CCN(C(=O)C(C)C)C1.I. The molecule has 0 aliphatic carbocycles. The first-order valence-corrected chi connectivity index (χ1v) is 10.8. The van der Waals surface area contributed by atoms with Gasteiger partial charge < -0.3 is 20.4 Å². The highest BCUT2D eigenvalue weighted by Gasteiger charge is 2.27. The molecule has 1 aliphatic rings. The van der Waals surface area contributed by atoms with Gasteiger partial charge in [-0.2, -0.15) is 0 Å². The van der Waals surface area contributed by atoms with Crippen LogP contribution >= 0.6 is 24.0 Å². The molecular formula is C23H35IN6O. The number of anilines is 1.